The third kappa shape index (κ3) is 3.95. The topological polar surface area (TPSA) is 52.6 Å². The number of piperidine rings is 1. The van der Waals surface area contributed by atoms with Crippen molar-refractivity contribution in [2.75, 3.05) is 19.6 Å². The van der Waals surface area contributed by atoms with E-state index in [0.29, 0.717) is 19.1 Å². The van der Waals surface area contributed by atoms with Gasteiger partial charge in [-0.15, -0.1) is 0 Å². The molecule has 2 N–H and O–H groups in total. The minimum atomic E-state index is -0.821. The largest absolute Gasteiger partial charge is 0.480 e. The highest BCUT2D eigenvalue weighted by molar-refractivity contribution is 5.78. The van der Waals surface area contributed by atoms with E-state index in [1.807, 2.05) is 6.92 Å². The van der Waals surface area contributed by atoms with Crippen molar-refractivity contribution >= 4 is 5.97 Å². The van der Waals surface area contributed by atoms with E-state index in [1.165, 1.54) is 32.1 Å². The van der Waals surface area contributed by atoms with Gasteiger partial charge in [0.1, 0.15) is 5.54 Å². The van der Waals surface area contributed by atoms with Crippen LogP contribution in [0, 0.1) is 0 Å². The maximum atomic E-state index is 11.5. The average molecular weight is 256 g/mol. The number of likely N-dealkylation sites (tertiary alicyclic amines) is 1. The molecule has 1 fully saturated rings. The molecule has 0 aromatic rings. The number of nitrogens with zero attached hydrogens (tertiary/aromatic N) is 1. The van der Waals surface area contributed by atoms with Gasteiger partial charge in [-0.1, -0.05) is 26.7 Å². The smallest absolute Gasteiger partial charge is 0.324 e. The summed E-state index contributed by atoms with van der Waals surface area (Å²) < 4.78 is 0. The Kier molecular flexibility index (Phi) is 6.09. The lowest BCUT2D eigenvalue weighted by atomic mass is 9.94. The van der Waals surface area contributed by atoms with Gasteiger partial charge in [-0.05, 0) is 39.3 Å². The zero-order valence-corrected chi connectivity index (χ0v) is 12.0. The lowest BCUT2D eigenvalue weighted by molar-refractivity contribution is -0.145. The Morgan fingerprint density at radius 1 is 1.44 bits per heavy atom. The third-order valence-corrected chi connectivity index (χ3v) is 3.93. The van der Waals surface area contributed by atoms with Crippen LogP contribution in [0.5, 0.6) is 0 Å². The maximum absolute atomic E-state index is 11.5. The predicted octanol–water partition coefficient (Wildman–Crippen LogP) is 2.09. The Balaban J connectivity index is 2.68. The van der Waals surface area contributed by atoms with Crippen LogP contribution in [-0.4, -0.2) is 47.2 Å². The van der Waals surface area contributed by atoms with Gasteiger partial charge in [-0.3, -0.25) is 9.69 Å². The summed E-state index contributed by atoms with van der Waals surface area (Å²) in [5.41, 5.74) is -0.821. The molecule has 0 spiro atoms. The number of hydrogen-bond acceptors (Lipinski definition) is 3. The molecule has 106 valence electrons. The highest BCUT2D eigenvalue weighted by atomic mass is 16.4. The van der Waals surface area contributed by atoms with E-state index in [2.05, 4.69) is 17.1 Å². The summed E-state index contributed by atoms with van der Waals surface area (Å²) in [6.07, 6.45) is 6.05. The van der Waals surface area contributed by atoms with Crippen molar-refractivity contribution in [3.05, 3.63) is 0 Å². The minimum Gasteiger partial charge on any atom is -0.480 e. The highest BCUT2D eigenvalue weighted by Gasteiger charge is 2.36. The highest BCUT2D eigenvalue weighted by Crippen LogP contribution is 2.23. The summed E-state index contributed by atoms with van der Waals surface area (Å²) in [4.78, 5) is 13.8. The number of aliphatic carboxylic acids is 1. The van der Waals surface area contributed by atoms with E-state index in [0.717, 1.165) is 6.54 Å². The fourth-order valence-corrected chi connectivity index (χ4v) is 2.92. The lowest BCUT2D eigenvalue weighted by Gasteiger charge is -2.40. The molecule has 0 aliphatic carbocycles. The van der Waals surface area contributed by atoms with Crippen molar-refractivity contribution in [1.82, 2.24) is 10.2 Å². The van der Waals surface area contributed by atoms with Crippen molar-refractivity contribution in [3.8, 4) is 0 Å². The molecule has 0 aromatic heterocycles. The molecule has 0 amide bonds. The number of hydrogen-bond donors (Lipinski definition) is 2. The quantitative estimate of drug-likeness (QED) is 0.732. The van der Waals surface area contributed by atoms with Crippen LogP contribution >= 0.6 is 0 Å². The molecular formula is C14H28N2O2. The molecule has 18 heavy (non-hydrogen) atoms. The standard InChI is InChI=1S/C14H28N2O2/c1-4-8-12-9-6-7-10-16(12)11-14(3,13(17)18)15-5-2/h12,15H,4-11H2,1-3H3,(H,17,18). The zero-order chi connectivity index (χ0) is 13.6. The van der Waals surface area contributed by atoms with Gasteiger partial charge in [0.2, 0.25) is 0 Å². The molecule has 4 nitrogen and oxygen atoms in total. The lowest BCUT2D eigenvalue weighted by Crippen LogP contribution is -2.59. The number of carboxylic acids is 1. The SMILES string of the molecule is CCCC1CCCCN1CC(C)(NCC)C(=O)O. The van der Waals surface area contributed by atoms with Crippen LogP contribution in [0.1, 0.15) is 52.9 Å². The van der Waals surface area contributed by atoms with E-state index in [4.69, 9.17) is 0 Å². The Hall–Kier alpha value is -0.610. The molecule has 1 saturated heterocycles. The summed E-state index contributed by atoms with van der Waals surface area (Å²) >= 11 is 0. The van der Waals surface area contributed by atoms with E-state index < -0.39 is 11.5 Å². The van der Waals surface area contributed by atoms with Crippen molar-refractivity contribution in [2.45, 2.75) is 64.5 Å². The Labute approximate surface area is 111 Å². The first kappa shape index (κ1) is 15.4. The number of nitrogens with one attached hydrogen (secondary N) is 1. The van der Waals surface area contributed by atoms with Crippen LogP contribution < -0.4 is 5.32 Å². The molecular weight excluding hydrogens is 228 g/mol. The van der Waals surface area contributed by atoms with Crippen molar-refractivity contribution in [3.63, 3.8) is 0 Å². The molecule has 1 rings (SSSR count). The molecule has 2 atom stereocenters. The predicted molar refractivity (Wildman–Crippen MR) is 73.8 cm³/mol. The number of rotatable bonds is 7. The zero-order valence-electron chi connectivity index (χ0n) is 12.0. The van der Waals surface area contributed by atoms with Crippen molar-refractivity contribution in [2.24, 2.45) is 0 Å². The van der Waals surface area contributed by atoms with Crippen LogP contribution in [0.2, 0.25) is 0 Å². The van der Waals surface area contributed by atoms with Crippen LogP contribution in [0.25, 0.3) is 0 Å². The van der Waals surface area contributed by atoms with E-state index in [1.54, 1.807) is 6.92 Å². The van der Waals surface area contributed by atoms with Gasteiger partial charge in [0.15, 0.2) is 0 Å². The first-order chi connectivity index (χ1) is 8.53. The summed E-state index contributed by atoms with van der Waals surface area (Å²) in [6.45, 7) is 8.31. The molecule has 1 aliphatic rings. The molecule has 0 saturated carbocycles. The fourth-order valence-electron chi connectivity index (χ4n) is 2.92. The second-order valence-corrected chi connectivity index (χ2v) is 5.58. The van der Waals surface area contributed by atoms with Gasteiger partial charge in [-0.2, -0.15) is 0 Å². The Morgan fingerprint density at radius 3 is 2.72 bits per heavy atom. The molecule has 2 unspecified atom stereocenters. The van der Waals surface area contributed by atoms with Crippen LogP contribution in [0.15, 0.2) is 0 Å². The van der Waals surface area contributed by atoms with E-state index in [9.17, 15) is 9.90 Å². The van der Waals surface area contributed by atoms with Crippen molar-refractivity contribution < 1.29 is 9.90 Å². The molecule has 0 aromatic carbocycles. The first-order valence-corrected chi connectivity index (χ1v) is 7.26. The second kappa shape index (κ2) is 7.10. The number of carbonyl (C=O) groups is 1. The van der Waals surface area contributed by atoms with E-state index >= 15 is 0 Å². The van der Waals surface area contributed by atoms with Crippen LogP contribution in [-0.2, 0) is 4.79 Å². The van der Waals surface area contributed by atoms with Gasteiger partial charge in [0.05, 0.1) is 0 Å². The normalized spacial score (nSPS) is 24.7. The third-order valence-electron chi connectivity index (χ3n) is 3.93. The van der Waals surface area contributed by atoms with E-state index in [-0.39, 0.29) is 0 Å². The molecule has 1 heterocycles. The van der Waals surface area contributed by atoms with Gasteiger partial charge >= 0.3 is 5.97 Å². The summed E-state index contributed by atoms with van der Waals surface area (Å²) in [7, 11) is 0. The molecule has 0 bridgehead atoms. The van der Waals surface area contributed by atoms with Gasteiger partial charge in [-0.25, -0.2) is 0 Å². The fraction of sp³-hybridized carbons (Fsp3) is 0.929. The average Bonchev–Trinajstić information content (AvgIpc) is 2.32. The Bertz CT molecular complexity index is 269. The minimum absolute atomic E-state index is 0.570. The van der Waals surface area contributed by atoms with Crippen LogP contribution in [0.4, 0.5) is 0 Å². The number of carboxylic acid groups (broad SMARTS) is 1. The van der Waals surface area contributed by atoms with Gasteiger partial charge in [0, 0.05) is 12.6 Å². The maximum Gasteiger partial charge on any atom is 0.324 e. The summed E-state index contributed by atoms with van der Waals surface area (Å²) in [6, 6.07) is 0.570. The second-order valence-electron chi connectivity index (χ2n) is 5.58. The Morgan fingerprint density at radius 2 is 2.17 bits per heavy atom. The number of likely N-dealkylation sites (N-methyl/N-ethyl adjacent to an activating group) is 1. The van der Waals surface area contributed by atoms with Crippen molar-refractivity contribution in [1.29, 1.82) is 0 Å². The van der Waals surface area contributed by atoms with Crippen LogP contribution in [0.3, 0.4) is 0 Å². The van der Waals surface area contributed by atoms with Gasteiger partial charge in [0.25, 0.3) is 0 Å². The summed E-state index contributed by atoms with van der Waals surface area (Å²) in [5.74, 6) is -0.745. The molecule has 4 heteroatoms. The molecule has 1 aliphatic heterocycles. The first-order valence-electron chi connectivity index (χ1n) is 7.26. The van der Waals surface area contributed by atoms with Gasteiger partial charge < -0.3 is 10.4 Å². The summed E-state index contributed by atoms with van der Waals surface area (Å²) in [5, 5.41) is 12.5. The monoisotopic (exact) mass is 256 g/mol. The molecule has 0 radical (unpaired) electrons.